The Balaban J connectivity index is 1.72. The summed E-state index contributed by atoms with van der Waals surface area (Å²) in [5.74, 6) is 0.741. The molecule has 0 heterocycles. The summed E-state index contributed by atoms with van der Waals surface area (Å²) in [7, 11) is 1.56. The number of allylic oxidation sites excluding steroid dienone is 2. The van der Waals surface area contributed by atoms with Gasteiger partial charge in [0.05, 0.1) is 7.11 Å². The molecule has 204 valence electrons. The number of amides is 2. The molecule has 0 bridgehead atoms. The van der Waals surface area contributed by atoms with E-state index in [1.807, 2.05) is 25.1 Å². The van der Waals surface area contributed by atoms with Gasteiger partial charge in [0, 0.05) is 37.2 Å². The summed E-state index contributed by atoms with van der Waals surface area (Å²) in [6.07, 6.45) is 2.55. The number of methoxy groups -OCH3 is 1. The van der Waals surface area contributed by atoms with Crippen LogP contribution in [0.3, 0.4) is 0 Å². The average molecular weight is 525 g/mol. The minimum atomic E-state index is -0.608. The van der Waals surface area contributed by atoms with E-state index >= 15 is 0 Å². The molecule has 0 saturated carbocycles. The van der Waals surface area contributed by atoms with E-state index < -0.39 is 11.7 Å². The number of ether oxygens (including phenoxy) is 3. The van der Waals surface area contributed by atoms with Crippen molar-refractivity contribution in [2.24, 2.45) is 0 Å². The van der Waals surface area contributed by atoms with Gasteiger partial charge in [0.15, 0.2) is 5.76 Å². The standard InChI is InChI=1S/C30H37FN2O5/c1-21-10-13-23(14-11-21)28(34)33(17-16-32-29(35)38-30(2,3)4)19-22-12-15-26(27(18-22)36-5)37-20-24-8-6-7-9-25(24)31/h6-11,13-14,18H,12,15-17,19-20H2,1-5H3,(H,32,35). The third kappa shape index (κ3) is 8.64. The highest BCUT2D eigenvalue weighted by atomic mass is 19.1. The monoisotopic (exact) mass is 524 g/mol. The van der Waals surface area contributed by atoms with E-state index in [9.17, 15) is 14.0 Å². The quantitative estimate of drug-likeness (QED) is 0.419. The first-order valence-corrected chi connectivity index (χ1v) is 12.7. The fourth-order valence-corrected chi connectivity index (χ4v) is 3.94. The molecule has 2 amide bonds. The smallest absolute Gasteiger partial charge is 0.407 e. The predicted octanol–water partition coefficient (Wildman–Crippen LogP) is 5.90. The summed E-state index contributed by atoms with van der Waals surface area (Å²) in [4.78, 5) is 27.2. The molecule has 0 saturated heterocycles. The third-order valence-corrected chi connectivity index (χ3v) is 5.89. The Bertz CT molecular complexity index is 1180. The van der Waals surface area contributed by atoms with Crippen LogP contribution in [0.25, 0.3) is 0 Å². The van der Waals surface area contributed by atoms with Gasteiger partial charge >= 0.3 is 6.09 Å². The van der Waals surface area contributed by atoms with Gasteiger partial charge in [-0.05, 0) is 64.0 Å². The Kier molecular flexibility index (Phi) is 9.93. The van der Waals surface area contributed by atoms with Crippen LogP contribution in [-0.2, 0) is 20.8 Å². The first-order valence-electron chi connectivity index (χ1n) is 12.7. The molecule has 0 radical (unpaired) electrons. The van der Waals surface area contributed by atoms with E-state index in [1.165, 1.54) is 6.07 Å². The predicted molar refractivity (Wildman–Crippen MR) is 144 cm³/mol. The number of carbonyl (C=O) groups excluding carboxylic acids is 2. The van der Waals surface area contributed by atoms with Crippen LogP contribution < -0.4 is 5.32 Å². The molecule has 1 N–H and O–H groups in total. The molecule has 0 spiro atoms. The summed E-state index contributed by atoms with van der Waals surface area (Å²) in [5, 5.41) is 2.73. The maximum atomic E-state index is 14.0. The van der Waals surface area contributed by atoms with Crippen molar-refractivity contribution in [2.75, 3.05) is 26.7 Å². The lowest BCUT2D eigenvalue weighted by atomic mass is 10.0. The lowest BCUT2D eigenvalue weighted by molar-refractivity contribution is 0.0515. The highest BCUT2D eigenvalue weighted by molar-refractivity contribution is 5.94. The van der Waals surface area contributed by atoms with Crippen molar-refractivity contribution in [1.82, 2.24) is 10.2 Å². The molecule has 0 aliphatic heterocycles. The van der Waals surface area contributed by atoms with Gasteiger partial charge < -0.3 is 24.4 Å². The van der Waals surface area contributed by atoms with Gasteiger partial charge in [-0.2, -0.15) is 0 Å². The molecule has 1 aliphatic carbocycles. The van der Waals surface area contributed by atoms with E-state index in [0.29, 0.717) is 48.6 Å². The fourth-order valence-electron chi connectivity index (χ4n) is 3.94. The number of alkyl carbamates (subject to hydrolysis) is 1. The molecule has 0 unspecified atom stereocenters. The topological polar surface area (TPSA) is 77.1 Å². The van der Waals surface area contributed by atoms with E-state index in [2.05, 4.69) is 5.32 Å². The molecule has 1 aliphatic rings. The zero-order valence-corrected chi connectivity index (χ0v) is 22.8. The summed E-state index contributed by atoms with van der Waals surface area (Å²) in [5.41, 5.74) is 2.48. The molecular formula is C30H37FN2O5. The lowest BCUT2D eigenvalue weighted by Gasteiger charge is -2.27. The number of hydrogen-bond donors (Lipinski definition) is 1. The van der Waals surface area contributed by atoms with Crippen molar-refractivity contribution in [3.63, 3.8) is 0 Å². The first-order chi connectivity index (χ1) is 18.1. The van der Waals surface area contributed by atoms with Crippen LogP contribution in [-0.4, -0.2) is 49.2 Å². The van der Waals surface area contributed by atoms with Crippen LogP contribution in [0.1, 0.15) is 55.1 Å². The maximum absolute atomic E-state index is 14.0. The molecule has 0 atom stereocenters. The summed E-state index contributed by atoms with van der Waals surface area (Å²) in [6, 6.07) is 13.9. The van der Waals surface area contributed by atoms with E-state index in [1.54, 1.807) is 63.1 Å². The second-order valence-corrected chi connectivity index (χ2v) is 10.2. The number of nitrogens with zero attached hydrogens (tertiary/aromatic N) is 1. The van der Waals surface area contributed by atoms with Crippen LogP contribution in [0, 0.1) is 12.7 Å². The Morgan fingerprint density at radius 1 is 1.05 bits per heavy atom. The second kappa shape index (κ2) is 13.1. The number of halogens is 1. The Morgan fingerprint density at radius 2 is 1.76 bits per heavy atom. The summed E-state index contributed by atoms with van der Waals surface area (Å²) < 4.78 is 30.7. The minimum Gasteiger partial charge on any atom is -0.493 e. The van der Waals surface area contributed by atoms with Crippen LogP contribution in [0.5, 0.6) is 0 Å². The third-order valence-electron chi connectivity index (χ3n) is 5.89. The van der Waals surface area contributed by atoms with Crippen molar-refractivity contribution < 1.29 is 28.2 Å². The van der Waals surface area contributed by atoms with E-state index in [0.717, 1.165) is 11.1 Å². The fraction of sp³-hybridized carbons (Fsp3) is 0.400. The molecule has 2 aromatic rings. The van der Waals surface area contributed by atoms with Gasteiger partial charge in [0.1, 0.15) is 23.8 Å². The zero-order valence-electron chi connectivity index (χ0n) is 22.8. The van der Waals surface area contributed by atoms with Crippen molar-refractivity contribution in [3.8, 4) is 0 Å². The van der Waals surface area contributed by atoms with Crippen LogP contribution in [0.4, 0.5) is 9.18 Å². The largest absolute Gasteiger partial charge is 0.493 e. The normalized spacial score (nSPS) is 13.5. The van der Waals surface area contributed by atoms with Crippen molar-refractivity contribution in [2.45, 2.75) is 52.7 Å². The molecule has 38 heavy (non-hydrogen) atoms. The highest BCUT2D eigenvalue weighted by Crippen LogP contribution is 2.27. The molecule has 2 aromatic carbocycles. The van der Waals surface area contributed by atoms with Crippen LogP contribution >= 0.6 is 0 Å². The SMILES string of the molecule is COC1=C(OCc2ccccc2F)CCC(CN(CCNC(=O)OC(C)(C)C)C(=O)c2ccc(C)cc2)=C1. The Morgan fingerprint density at radius 3 is 2.42 bits per heavy atom. The number of hydrogen-bond acceptors (Lipinski definition) is 5. The van der Waals surface area contributed by atoms with Gasteiger partial charge in [-0.15, -0.1) is 0 Å². The molecule has 3 rings (SSSR count). The Hall–Kier alpha value is -3.81. The summed E-state index contributed by atoms with van der Waals surface area (Å²) in [6.45, 7) is 8.35. The number of rotatable bonds is 10. The number of nitrogens with one attached hydrogen (secondary N) is 1. The number of carbonyl (C=O) groups is 2. The van der Waals surface area contributed by atoms with Gasteiger partial charge in [0.25, 0.3) is 5.91 Å². The Labute approximate surface area is 224 Å². The maximum Gasteiger partial charge on any atom is 0.407 e. The van der Waals surface area contributed by atoms with Crippen LogP contribution in [0.15, 0.2) is 71.7 Å². The highest BCUT2D eigenvalue weighted by Gasteiger charge is 2.22. The van der Waals surface area contributed by atoms with Gasteiger partial charge in [-0.25, -0.2) is 9.18 Å². The summed E-state index contributed by atoms with van der Waals surface area (Å²) >= 11 is 0. The minimum absolute atomic E-state index is 0.104. The van der Waals surface area contributed by atoms with Crippen molar-refractivity contribution >= 4 is 12.0 Å². The van der Waals surface area contributed by atoms with E-state index in [4.69, 9.17) is 14.2 Å². The first kappa shape index (κ1) is 28.8. The molecule has 8 heteroatoms. The zero-order chi connectivity index (χ0) is 27.7. The molecule has 0 fully saturated rings. The second-order valence-electron chi connectivity index (χ2n) is 10.2. The van der Waals surface area contributed by atoms with Crippen molar-refractivity contribution in [3.05, 3.63) is 94.2 Å². The molecular weight excluding hydrogens is 487 g/mol. The number of benzene rings is 2. The van der Waals surface area contributed by atoms with Crippen LogP contribution in [0.2, 0.25) is 0 Å². The average Bonchev–Trinajstić information content (AvgIpc) is 2.87. The molecule has 7 nitrogen and oxygen atoms in total. The van der Waals surface area contributed by atoms with Gasteiger partial charge in [-0.1, -0.05) is 35.9 Å². The van der Waals surface area contributed by atoms with Gasteiger partial charge in [-0.3, -0.25) is 4.79 Å². The van der Waals surface area contributed by atoms with Crippen molar-refractivity contribution in [1.29, 1.82) is 0 Å². The molecule has 0 aromatic heterocycles. The van der Waals surface area contributed by atoms with E-state index in [-0.39, 0.29) is 24.9 Å². The van der Waals surface area contributed by atoms with Gasteiger partial charge in [0.2, 0.25) is 0 Å². The lowest BCUT2D eigenvalue weighted by Crippen LogP contribution is -2.41. The number of aryl methyl sites for hydroxylation is 1.